The molecular weight excluding hydrogens is 220 g/mol. The molecule has 17 heavy (non-hydrogen) atoms. The van der Waals surface area contributed by atoms with Gasteiger partial charge in [0.1, 0.15) is 5.56 Å². The van der Waals surface area contributed by atoms with Crippen LogP contribution in [0.1, 0.15) is 27.3 Å². The number of aromatic carboxylic acids is 1. The van der Waals surface area contributed by atoms with Crippen LogP contribution >= 0.6 is 0 Å². The topological polar surface area (TPSA) is 80.9 Å². The summed E-state index contributed by atoms with van der Waals surface area (Å²) in [5, 5.41) is 21.0. The fourth-order valence-electron chi connectivity index (χ4n) is 1.73. The fourth-order valence-corrected chi connectivity index (χ4v) is 1.73. The first-order valence-electron chi connectivity index (χ1n) is 5.10. The van der Waals surface area contributed by atoms with Crippen LogP contribution in [0, 0.1) is 20.8 Å². The highest BCUT2D eigenvalue weighted by Gasteiger charge is 2.19. The first-order valence-corrected chi connectivity index (χ1v) is 5.10. The van der Waals surface area contributed by atoms with Gasteiger partial charge in [0.05, 0.1) is 17.6 Å². The van der Waals surface area contributed by atoms with Gasteiger partial charge in [-0.2, -0.15) is 10.2 Å². The Morgan fingerprint density at radius 1 is 1.35 bits per heavy atom. The number of aryl methyl sites for hydroxylation is 2. The summed E-state index contributed by atoms with van der Waals surface area (Å²) >= 11 is 0. The van der Waals surface area contributed by atoms with Crippen LogP contribution in [-0.2, 0) is 0 Å². The van der Waals surface area contributed by atoms with Gasteiger partial charge in [0, 0.05) is 0 Å². The summed E-state index contributed by atoms with van der Waals surface area (Å²) in [5.74, 6) is -0.454. The Balaban J connectivity index is 2.62. The van der Waals surface area contributed by atoms with Crippen molar-refractivity contribution in [1.29, 1.82) is 0 Å². The van der Waals surface area contributed by atoms with Crippen LogP contribution in [0.15, 0.2) is 12.3 Å². The summed E-state index contributed by atoms with van der Waals surface area (Å²) in [7, 11) is 0. The Kier molecular flexibility index (Phi) is 2.63. The number of carboxylic acid groups (broad SMARTS) is 1. The molecule has 0 unspecified atom stereocenters. The Bertz CT molecular complexity index is 589. The first kappa shape index (κ1) is 11.3. The maximum Gasteiger partial charge on any atom is 0.339 e. The minimum Gasteiger partial charge on any atom is -0.478 e. The van der Waals surface area contributed by atoms with E-state index in [9.17, 15) is 4.79 Å². The second-order valence-corrected chi connectivity index (χ2v) is 3.85. The fraction of sp³-hybridized carbons (Fsp3) is 0.273. The van der Waals surface area contributed by atoms with Gasteiger partial charge in [-0.1, -0.05) is 0 Å². The molecule has 0 aliphatic rings. The number of hydrogen-bond donors (Lipinski definition) is 1. The molecule has 0 fully saturated rings. The second-order valence-electron chi connectivity index (χ2n) is 3.85. The van der Waals surface area contributed by atoms with Crippen LogP contribution < -0.4 is 0 Å². The molecule has 2 rings (SSSR count). The number of aromatic nitrogens is 4. The number of carbonyl (C=O) groups is 1. The maximum absolute atomic E-state index is 11.1. The lowest BCUT2D eigenvalue weighted by molar-refractivity contribution is 0.0695. The van der Waals surface area contributed by atoms with Gasteiger partial charge in [0.2, 0.25) is 0 Å². The van der Waals surface area contributed by atoms with Crippen LogP contribution in [0.5, 0.6) is 0 Å². The summed E-state index contributed by atoms with van der Waals surface area (Å²) in [5.41, 5.74) is 2.18. The van der Waals surface area contributed by atoms with Crippen molar-refractivity contribution in [3.63, 3.8) is 0 Å². The summed E-state index contributed by atoms with van der Waals surface area (Å²) in [6.45, 7) is 5.26. The molecule has 0 aliphatic carbocycles. The minimum absolute atomic E-state index is 0.216. The molecule has 6 nitrogen and oxygen atoms in total. The van der Waals surface area contributed by atoms with E-state index in [-0.39, 0.29) is 5.56 Å². The molecular formula is C11H12N4O2. The highest BCUT2D eigenvalue weighted by Crippen LogP contribution is 2.16. The predicted octanol–water partition coefficient (Wildman–Crippen LogP) is 1.29. The zero-order valence-corrected chi connectivity index (χ0v) is 9.80. The van der Waals surface area contributed by atoms with Gasteiger partial charge in [-0.25, -0.2) is 9.48 Å². The van der Waals surface area contributed by atoms with Crippen molar-refractivity contribution in [3.8, 4) is 5.82 Å². The standard InChI is InChI=1S/C11H12N4O2/c1-6-4-9(13-12-5-6)15-8(3)10(11(16)17)7(2)14-15/h4-5H,1-3H3,(H,16,17). The predicted molar refractivity (Wildman–Crippen MR) is 60.3 cm³/mol. The molecule has 0 atom stereocenters. The average Bonchev–Trinajstić information content (AvgIpc) is 2.54. The van der Waals surface area contributed by atoms with Gasteiger partial charge < -0.3 is 5.11 Å². The first-order chi connectivity index (χ1) is 8.00. The van der Waals surface area contributed by atoms with Gasteiger partial charge in [0.15, 0.2) is 5.82 Å². The van der Waals surface area contributed by atoms with Crippen molar-refractivity contribution in [2.75, 3.05) is 0 Å². The van der Waals surface area contributed by atoms with E-state index in [1.165, 1.54) is 4.68 Å². The van der Waals surface area contributed by atoms with Gasteiger partial charge in [-0.15, -0.1) is 5.10 Å². The number of rotatable bonds is 2. The summed E-state index contributed by atoms with van der Waals surface area (Å²) in [4.78, 5) is 11.1. The van der Waals surface area contributed by atoms with E-state index < -0.39 is 5.97 Å². The van der Waals surface area contributed by atoms with Crippen molar-refractivity contribution in [2.24, 2.45) is 0 Å². The Morgan fingerprint density at radius 2 is 2.06 bits per heavy atom. The van der Waals surface area contributed by atoms with E-state index in [0.29, 0.717) is 17.2 Å². The number of nitrogens with zero attached hydrogens (tertiary/aromatic N) is 4. The third-order valence-electron chi connectivity index (χ3n) is 2.50. The van der Waals surface area contributed by atoms with Gasteiger partial charge in [0.25, 0.3) is 0 Å². The number of hydrogen-bond acceptors (Lipinski definition) is 4. The molecule has 0 amide bonds. The third kappa shape index (κ3) is 1.89. The lowest BCUT2D eigenvalue weighted by Crippen LogP contribution is -2.05. The highest BCUT2D eigenvalue weighted by atomic mass is 16.4. The molecule has 88 valence electrons. The molecule has 0 aromatic carbocycles. The average molecular weight is 232 g/mol. The quantitative estimate of drug-likeness (QED) is 0.843. The Labute approximate surface area is 97.9 Å². The van der Waals surface area contributed by atoms with E-state index in [0.717, 1.165) is 5.56 Å². The van der Waals surface area contributed by atoms with Crippen LogP contribution in [-0.4, -0.2) is 31.1 Å². The van der Waals surface area contributed by atoms with Crippen LogP contribution in [0.4, 0.5) is 0 Å². The van der Waals surface area contributed by atoms with Crippen molar-refractivity contribution in [2.45, 2.75) is 20.8 Å². The summed E-state index contributed by atoms with van der Waals surface area (Å²) in [6.07, 6.45) is 1.63. The summed E-state index contributed by atoms with van der Waals surface area (Å²) in [6, 6.07) is 1.80. The zero-order chi connectivity index (χ0) is 12.6. The van der Waals surface area contributed by atoms with Crippen molar-refractivity contribution < 1.29 is 9.90 Å². The summed E-state index contributed by atoms with van der Waals surface area (Å²) < 4.78 is 1.50. The molecule has 0 saturated carbocycles. The SMILES string of the molecule is Cc1cnnc(-n2nc(C)c(C(=O)O)c2C)c1. The highest BCUT2D eigenvalue weighted by molar-refractivity contribution is 5.90. The molecule has 6 heteroatoms. The largest absolute Gasteiger partial charge is 0.478 e. The Morgan fingerprint density at radius 3 is 2.59 bits per heavy atom. The third-order valence-corrected chi connectivity index (χ3v) is 2.50. The van der Waals surface area contributed by atoms with Gasteiger partial charge in [-0.05, 0) is 32.4 Å². The molecule has 0 spiro atoms. The van der Waals surface area contributed by atoms with Crippen molar-refractivity contribution >= 4 is 5.97 Å². The molecule has 2 aromatic rings. The van der Waals surface area contributed by atoms with E-state index >= 15 is 0 Å². The molecule has 0 saturated heterocycles. The lowest BCUT2D eigenvalue weighted by atomic mass is 10.2. The van der Waals surface area contributed by atoms with Crippen molar-refractivity contribution in [3.05, 3.63) is 34.8 Å². The number of carboxylic acids is 1. The molecule has 0 bridgehead atoms. The van der Waals surface area contributed by atoms with Crippen LogP contribution in [0.3, 0.4) is 0 Å². The van der Waals surface area contributed by atoms with Crippen LogP contribution in [0.25, 0.3) is 5.82 Å². The minimum atomic E-state index is -0.980. The van der Waals surface area contributed by atoms with E-state index in [4.69, 9.17) is 5.11 Å². The monoisotopic (exact) mass is 232 g/mol. The second kappa shape index (κ2) is 3.97. The van der Waals surface area contributed by atoms with E-state index in [1.54, 1.807) is 26.1 Å². The van der Waals surface area contributed by atoms with E-state index in [1.807, 2.05) is 6.92 Å². The van der Waals surface area contributed by atoms with Gasteiger partial charge >= 0.3 is 5.97 Å². The molecule has 2 aromatic heterocycles. The molecule has 2 heterocycles. The Hall–Kier alpha value is -2.24. The van der Waals surface area contributed by atoms with Gasteiger partial charge in [-0.3, -0.25) is 0 Å². The van der Waals surface area contributed by atoms with Crippen molar-refractivity contribution in [1.82, 2.24) is 20.0 Å². The molecule has 0 aliphatic heterocycles. The molecule has 1 N–H and O–H groups in total. The maximum atomic E-state index is 11.1. The molecule has 0 radical (unpaired) electrons. The normalized spacial score (nSPS) is 10.5. The van der Waals surface area contributed by atoms with Crippen LogP contribution in [0.2, 0.25) is 0 Å². The smallest absolute Gasteiger partial charge is 0.339 e. The van der Waals surface area contributed by atoms with E-state index in [2.05, 4.69) is 15.3 Å². The zero-order valence-electron chi connectivity index (χ0n) is 9.80. The lowest BCUT2D eigenvalue weighted by Gasteiger charge is -2.02.